The van der Waals surface area contributed by atoms with E-state index in [-0.39, 0.29) is 11.9 Å². The van der Waals surface area contributed by atoms with Gasteiger partial charge in [0.1, 0.15) is 5.71 Å². The van der Waals surface area contributed by atoms with E-state index in [0.29, 0.717) is 22.0 Å². The van der Waals surface area contributed by atoms with Crippen LogP contribution in [0.1, 0.15) is 11.1 Å². The molecule has 7 heteroatoms. The molecule has 116 valence electrons. The van der Waals surface area contributed by atoms with Gasteiger partial charge in [0, 0.05) is 23.2 Å². The van der Waals surface area contributed by atoms with E-state index < -0.39 is 0 Å². The van der Waals surface area contributed by atoms with Crippen molar-refractivity contribution < 1.29 is 0 Å². The molecule has 23 heavy (non-hydrogen) atoms. The molecule has 0 spiro atoms. The fraction of sp³-hybridized carbons (Fsp3) is 0.0625. The highest BCUT2D eigenvalue weighted by atomic mass is 35.5. The van der Waals surface area contributed by atoms with Crippen LogP contribution in [0, 0.1) is 10.8 Å². The number of anilines is 1. The van der Waals surface area contributed by atoms with Crippen molar-refractivity contribution in [3.8, 4) is 0 Å². The molecule has 0 atom stereocenters. The zero-order chi connectivity index (χ0) is 16.6. The van der Waals surface area contributed by atoms with Crippen LogP contribution < -0.4 is 10.6 Å². The lowest BCUT2D eigenvalue weighted by atomic mass is 10.0. The molecule has 0 fully saturated rings. The summed E-state index contributed by atoms with van der Waals surface area (Å²) < 4.78 is 0. The average molecular weight is 327 g/mol. The summed E-state index contributed by atoms with van der Waals surface area (Å²) in [4.78, 5) is 1.32. The van der Waals surface area contributed by atoms with Gasteiger partial charge in [0.05, 0.1) is 5.69 Å². The number of nitrogens with zero attached hydrogens (tertiary/aromatic N) is 3. The third-order valence-electron chi connectivity index (χ3n) is 3.51. The van der Waals surface area contributed by atoms with Crippen LogP contribution in [0.3, 0.4) is 0 Å². The first-order valence-electron chi connectivity index (χ1n) is 6.89. The van der Waals surface area contributed by atoms with Crippen LogP contribution in [0.2, 0.25) is 5.02 Å². The fourth-order valence-corrected chi connectivity index (χ4v) is 2.63. The minimum atomic E-state index is -0.255. The number of nitrogens with two attached hydrogens (primary N) is 1. The van der Waals surface area contributed by atoms with E-state index in [0.717, 1.165) is 5.56 Å². The SMILES string of the molecule is CN1N=C(c2ccccc2)c2cc(Cl)ccc2N(C(=N)N)C1=N. The molecule has 0 unspecified atom stereocenters. The summed E-state index contributed by atoms with van der Waals surface area (Å²) >= 11 is 6.16. The van der Waals surface area contributed by atoms with Gasteiger partial charge < -0.3 is 5.73 Å². The highest BCUT2D eigenvalue weighted by molar-refractivity contribution is 6.32. The van der Waals surface area contributed by atoms with Gasteiger partial charge in [-0.05, 0) is 18.2 Å². The molecule has 0 amide bonds. The summed E-state index contributed by atoms with van der Waals surface area (Å²) in [5, 5.41) is 22.5. The summed E-state index contributed by atoms with van der Waals surface area (Å²) in [6.07, 6.45) is 0. The van der Waals surface area contributed by atoms with Crippen molar-refractivity contribution in [2.75, 3.05) is 11.9 Å². The molecule has 2 aromatic carbocycles. The predicted octanol–water partition coefficient (Wildman–Crippen LogP) is 2.67. The third kappa shape index (κ3) is 2.64. The highest BCUT2D eigenvalue weighted by Gasteiger charge is 2.28. The fourth-order valence-electron chi connectivity index (χ4n) is 2.46. The summed E-state index contributed by atoms with van der Waals surface area (Å²) in [5.41, 5.74) is 8.55. The van der Waals surface area contributed by atoms with Gasteiger partial charge in [0.25, 0.3) is 0 Å². The molecule has 3 rings (SSSR count). The van der Waals surface area contributed by atoms with Crippen LogP contribution >= 0.6 is 11.6 Å². The average Bonchev–Trinajstić information content (AvgIpc) is 2.64. The second-order valence-corrected chi connectivity index (χ2v) is 5.48. The molecule has 0 radical (unpaired) electrons. The number of hydrazone groups is 1. The van der Waals surface area contributed by atoms with Crippen molar-refractivity contribution in [2.45, 2.75) is 0 Å². The van der Waals surface area contributed by atoms with E-state index in [2.05, 4.69) is 5.10 Å². The molecule has 1 aliphatic rings. The Morgan fingerprint density at radius 2 is 1.87 bits per heavy atom. The van der Waals surface area contributed by atoms with Gasteiger partial charge in [-0.15, -0.1) is 0 Å². The molecule has 0 saturated heterocycles. The molecule has 1 aliphatic heterocycles. The van der Waals surface area contributed by atoms with Crippen LogP contribution in [0.5, 0.6) is 0 Å². The zero-order valence-corrected chi connectivity index (χ0v) is 13.2. The Bertz CT molecular complexity index is 815. The second-order valence-electron chi connectivity index (χ2n) is 5.04. The topological polar surface area (TPSA) is 92.6 Å². The van der Waals surface area contributed by atoms with Crippen LogP contribution in [0.15, 0.2) is 53.6 Å². The Balaban J connectivity index is 2.30. The van der Waals surface area contributed by atoms with Gasteiger partial charge in [-0.2, -0.15) is 5.10 Å². The summed E-state index contributed by atoms with van der Waals surface area (Å²) in [7, 11) is 1.65. The maximum absolute atomic E-state index is 8.25. The Labute approximate surface area is 138 Å². The van der Waals surface area contributed by atoms with Gasteiger partial charge in [-0.25, -0.2) is 9.91 Å². The van der Waals surface area contributed by atoms with Crippen molar-refractivity contribution in [1.82, 2.24) is 5.01 Å². The minimum absolute atomic E-state index is 0.00740. The first kappa shape index (κ1) is 15.1. The van der Waals surface area contributed by atoms with Crippen molar-refractivity contribution in [1.29, 1.82) is 10.8 Å². The number of guanidine groups is 2. The number of hydrogen-bond acceptors (Lipinski definition) is 3. The van der Waals surface area contributed by atoms with Crippen molar-refractivity contribution in [2.24, 2.45) is 10.8 Å². The monoisotopic (exact) mass is 326 g/mol. The smallest absolute Gasteiger partial charge is 0.226 e. The first-order chi connectivity index (χ1) is 11.0. The van der Waals surface area contributed by atoms with E-state index in [4.69, 9.17) is 28.2 Å². The molecule has 0 bridgehead atoms. The number of fused-ring (bicyclic) bond motifs is 1. The Hall–Kier alpha value is -2.86. The predicted molar refractivity (Wildman–Crippen MR) is 93.4 cm³/mol. The largest absolute Gasteiger partial charge is 0.369 e. The van der Waals surface area contributed by atoms with Crippen LogP contribution in [-0.4, -0.2) is 29.7 Å². The van der Waals surface area contributed by atoms with Crippen LogP contribution in [0.25, 0.3) is 0 Å². The van der Waals surface area contributed by atoms with Crippen molar-refractivity contribution in [3.05, 3.63) is 64.7 Å². The highest BCUT2D eigenvalue weighted by Crippen LogP contribution is 2.30. The maximum atomic E-state index is 8.25. The molecule has 0 aliphatic carbocycles. The molecular weight excluding hydrogens is 312 g/mol. The van der Waals surface area contributed by atoms with E-state index >= 15 is 0 Å². The van der Waals surface area contributed by atoms with Gasteiger partial charge in [-0.1, -0.05) is 41.9 Å². The summed E-state index contributed by atoms with van der Waals surface area (Å²) in [6.45, 7) is 0. The van der Waals surface area contributed by atoms with Crippen molar-refractivity contribution in [3.63, 3.8) is 0 Å². The Morgan fingerprint density at radius 3 is 2.52 bits per heavy atom. The van der Waals surface area contributed by atoms with E-state index in [9.17, 15) is 0 Å². The molecule has 1 heterocycles. The molecule has 4 N–H and O–H groups in total. The second kappa shape index (κ2) is 5.73. The van der Waals surface area contributed by atoms with E-state index in [1.165, 1.54) is 9.91 Å². The lowest BCUT2D eigenvalue weighted by Crippen LogP contribution is -2.46. The summed E-state index contributed by atoms with van der Waals surface area (Å²) in [5.74, 6) is -0.262. The van der Waals surface area contributed by atoms with Crippen molar-refractivity contribution >= 4 is 34.9 Å². The van der Waals surface area contributed by atoms with E-state index in [1.807, 2.05) is 30.3 Å². The Morgan fingerprint density at radius 1 is 1.17 bits per heavy atom. The van der Waals surface area contributed by atoms with Gasteiger partial charge in [0.15, 0.2) is 5.96 Å². The third-order valence-corrected chi connectivity index (χ3v) is 3.75. The van der Waals surface area contributed by atoms with Crippen LogP contribution in [-0.2, 0) is 0 Å². The van der Waals surface area contributed by atoms with Gasteiger partial charge in [0.2, 0.25) is 5.96 Å². The zero-order valence-electron chi connectivity index (χ0n) is 12.4. The lowest BCUT2D eigenvalue weighted by molar-refractivity contribution is 0.535. The minimum Gasteiger partial charge on any atom is -0.369 e. The molecule has 0 saturated carbocycles. The number of rotatable bonds is 1. The molecule has 6 nitrogen and oxygen atoms in total. The molecule has 2 aromatic rings. The molecular formula is C16H15ClN6. The van der Waals surface area contributed by atoms with Crippen LogP contribution in [0.4, 0.5) is 5.69 Å². The van der Waals surface area contributed by atoms with Gasteiger partial charge >= 0.3 is 0 Å². The Kier molecular flexibility index (Phi) is 3.75. The van der Waals surface area contributed by atoms with Gasteiger partial charge in [-0.3, -0.25) is 10.8 Å². The normalized spacial score (nSPS) is 14.2. The number of benzene rings is 2. The number of nitrogens with one attached hydrogen (secondary N) is 2. The maximum Gasteiger partial charge on any atom is 0.226 e. The quantitative estimate of drug-likeness (QED) is 0.555. The lowest BCUT2D eigenvalue weighted by Gasteiger charge is -2.25. The molecule has 0 aromatic heterocycles. The number of hydrogen-bond donors (Lipinski definition) is 3. The standard InChI is InChI=1S/C16H15ClN6/c1-22-16(20)23(15(18)19)13-8-7-11(17)9-12(13)14(21-22)10-5-3-2-4-6-10/h2-9,20H,1H3,(H3,18,19). The first-order valence-corrected chi connectivity index (χ1v) is 7.27. The summed E-state index contributed by atoms with van der Waals surface area (Å²) in [6, 6.07) is 14.8. The number of halogens is 1. The van der Waals surface area contributed by atoms with E-state index in [1.54, 1.807) is 25.2 Å².